The van der Waals surface area contributed by atoms with E-state index in [4.69, 9.17) is 10.5 Å². The second-order valence-electron chi connectivity index (χ2n) is 5.43. The molecule has 4 nitrogen and oxygen atoms in total. The van der Waals surface area contributed by atoms with Gasteiger partial charge >= 0.3 is 0 Å². The number of methoxy groups -OCH3 is 1. The Hall–Kier alpha value is -0.870. The van der Waals surface area contributed by atoms with Crippen LogP contribution >= 0.6 is 0 Å². The first-order chi connectivity index (χ1) is 7.24. The largest absolute Gasteiger partial charge is 0.371 e. The molecule has 0 saturated heterocycles. The number of nitrogens with two attached hydrogens (primary N) is 1. The molecule has 4 heteroatoms. The van der Waals surface area contributed by atoms with Crippen LogP contribution in [0.3, 0.4) is 0 Å². The fraction of sp³-hybridized carbons (Fsp3) is 0.750. The molecule has 0 aliphatic heterocycles. The lowest BCUT2D eigenvalue weighted by Crippen LogP contribution is -2.35. The Morgan fingerprint density at radius 1 is 1.38 bits per heavy atom. The highest BCUT2D eigenvalue weighted by Crippen LogP contribution is 2.28. The van der Waals surface area contributed by atoms with Crippen molar-refractivity contribution in [2.75, 3.05) is 13.7 Å². The number of aryl methyl sites for hydroxylation is 1. The molecule has 1 atom stereocenters. The molecule has 16 heavy (non-hydrogen) atoms. The van der Waals surface area contributed by atoms with Gasteiger partial charge in [0.1, 0.15) is 5.60 Å². The van der Waals surface area contributed by atoms with Crippen LogP contribution in [0.4, 0.5) is 0 Å². The molecule has 1 aromatic heterocycles. The van der Waals surface area contributed by atoms with Gasteiger partial charge in [0, 0.05) is 26.1 Å². The lowest BCUT2D eigenvalue weighted by atomic mass is 9.91. The molecule has 1 unspecified atom stereocenters. The van der Waals surface area contributed by atoms with Crippen molar-refractivity contribution >= 4 is 0 Å². The van der Waals surface area contributed by atoms with Crippen LogP contribution in [0.5, 0.6) is 0 Å². The van der Waals surface area contributed by atoms with Crippen LogP contribution in [0.1, 0.15) is 39.1 Å². The van der Waals surface area contributed by atoms with Crippen molar-refractivity contribution in [3.05, 3.63) is 17.5 Å². The van der Waals surface area contributed by atoms with E-state index < -0.39 is 5.60 Å². The van der Waals surface area contributed by atoms with Crippen LogP contribution < -0.4 is 5.73 Å². The van der Waals surface area contributed by atoms with Crippen LogP contribution in [0.25, 0.3) is 0 Å². The highest BCUT2D eigenvalue weighted by atomic mass is 16.5. The van der Waals surface area contributed by atoms with E-state index in [0.29, 0.717) is 6.54 Å². The smallest absolute Gasteiger partial charge is 0.119 e. The second kappa shape index (κ2) is 4.18. The first kappa shape index (κ1) is 13.2. The van der Waals surface area contributed by atoms with Crippen LogP contribution in [0, 0.1) is 0 Å². The highest BCUT2D eigenvalue weighted by Gasteiger charge is 2.30. The Bertz CT molecular complexity index is 359. The van der Waals surface area contributed by atoms with E-state index in [1.54, 1.807) is 7.11 Å². The Labute approximate surface area is 97.8 Å². The summed E-state index contributed by atoms with van der Waals surface area (Å²) in [5.74, 6) is 0. The summed E-state index contributed by atoms with van der Waals surface area (Å²) in [7, 11) is 3.61. The summed E-state index contributed by atoms with van der Waals surface area (Å²) in [5, 5.41) is 4.53. The number of ether oxygens (including phenoxy) is 1. The monoisotopic (exact) mass is 225 g/mol. The minimum absolute atomic E-state index is 0.0409. The van der Waals surface area contributed by atoms with Crippen molar-refractivity contribution in [1.82, 2.24) is 9.78 Å². The first-order valence-corrected chi connectivity index (χ1v) is 5.55. The normalized spacial score (nSPS) is 16.2. The van der Waals surface area contributed by atoms with Gasteiger partial charge in [-0.15, -0.1) is 0 Å². The minimum Gasteiger partial charge on any atom is -0.371 e. The number of rotatable bonds is 3. The number of hydrogen-bond acceptors (Lipinski definition) is 3. The average molecular weight is 225 g/mol. The maximum absolute atomic E-state index is 5.77. The Morgan fingerprint density at radius 3 is 2.25 bits per heavy atom. The standard InChI is InChI=1S/C12H23N3O/c1-11(2,3)9-7-10(15(5)14-9)12(4,8-13)16-6/h7H,8,13H2,1-6H3. The highest BCUT2D eigenvalue weighted by molar-refractivity contribution is 5.22. The molecule has 0 bridgehead atoms. The number of nitrogens with zero attached hydrogens (tertiary/aromatic N) is 2. The maximum Gasteiger partial charge on any atom is 0.119 e. The van der Waals surface area contributed by atoms with Gasteiger partial charge in [-0.1, -0.05) is 20.8 Å². The van der Waals surface area contributed by atoms with Gasteiger partial charge in [0.15, 0.2) is 0 Å². The third-order valence-corrected chi connectivity index (χ3v) is 3.03. The molecular weight excluding hydrogens is 202 g/mol. The van der Waals surface area contributed by atoms with Gasteiger partial charge < -0.3 is 10.5 Å². The SMILES string of the molecule is COC(C)(CN)c1cc(C(C)(C)C)nn1C. The van der Waals surface area contributed by atoms with Crippen molar-refractivity contribution < 1.29 is 4.74 Å². The van der Waals surface area contributed by atoms with E-state index in [1.807, 2.05) is 18.7 Å². The molecule has 0 radical (unpaired) electrons. The second-order valence-corrected chi connectivity index (χ2v) is 5.43. The summed E-state index contributed by atoms with van der Waals surface area (Å²) in [6.07, 6.45) is 0. The molecule has 0 aliphatic carbocycles. The molecule has 0 aromatic carbocycles. The zero-order valence-corrected chi connectivity index (χ0v) is 11.2. The van der Waals surface area contributed by atoms with Crippen LogP contribution in [-0.2, 0) is 22.8 Å². The third kappa shape index (κ3) is 2.28. The Balaban J connectivity index is 3.21. The van der Waals surface area contributed by atoms with Crippen molar-refractivity contribution in [2.24, 2.45) is 12.8 Å². The van der Waals surface area contributed by atoms with Gasteiger partial charge in [0.2, 0.25) is 0 Å². The quantitative estimate of drug-likeness (QED) is 0.849. The molecule has 92 valence electrons. The fourth-order valence-corrected chi connectivity index (χ4v) is 1.62. The summed E-state index contributed by atoms with van der Waals surface area (Å²) in [5.41, 5.74) is 7.42. The number of hydrogen-bond donors (Lipinski definition) is 1. The van der Waals surface area contributed by atoms with Crippen molar-refractivity contribution in [3.63, 3.8) is 0 Å². The summed E-state index contributed by atoms with van der Waals surface area (Å²) < 4.78 is 7.35. The van der Waals surface area contributed by atoms with E-state index in [0.717, 1.165) is 11.4 Å². The van der Waals surface area contributed by atoms with Gasteiger partial charge in [0.05, 0.1) is 11.4 Å². The average Bonchev–Trinajstić information content (AvgIpc) is 2.59. The van der Waals surface area contributed by atoms with Gasteiger partial charge in [0.25, 0.3) is 0 Å². The zero-order chi connectivity index (χ0) is 12.6. The predicted molar refractivity (Wildman–Crippen MR) is 65.3 cm³/mol. The number of aromatic nitrogens is 2. The zero-order valence-electron chi connectivity index (χ0n) is 11.2. The summed E-state index contributed by atoms with van der Waals surface area (Å²) in [6, 6.07) is 2.08. The van der Waals surface area contributed by atoms with E-state index in [9.17, 15) is 0 Å². The Morgan fingerprint density at radius 2 is 1.94 bits per heavy atom. The molecule has 0 saturated carbocycles. The molecule has 0 amide bonds. The minimum atomic E-state index is -0.467. The van der Waals surface area contributed by atoms with E-state index in [2.05, 4.69) is 31.9 Å². The summed E-state index contributed by atoms with van der Waals surface area (Å²) >= 11 is 0. The summed E-state index contributed by atoms with van der Waals surface area (Å²) in [4.78, 5) is 0. The van der Waals surface area contributed by atoms with Gasteiger partial charge in [-0.3, -0.25) is 4.68 Å². The van der Waals surface area contributed by atoms with E-state index in [1.165, 1.54) is 0 Å². The molecule has 0 fully saturated rings. The molecule has 0 aliphatic rings. The lowest BCUT2D eigenvalue weighted by Gasteiger charge is -2.26. The lowest BCUT2D eigenvalue weighted by molar-refractivity contribution is 0.00332. The first-order valence-electron chi connectivity index (χ1n) is 5.55. The molecule has 2 N–H and O–H groups in total. The van der Waals surface area contributed by atoms with Crippen LogP contribution in [0.15, 0.2) is 6.07 Å². The maximum atomic E-state index is 5.77. The van der Waals surface area contributed by atoms with Gasteiger partial charge in [-0.05, 0) is 13.0 Å². The third-order valence-electron chi connectivity index (χ3n) is 3.03. The molecule has 0 spiro atoms. The van der Waals surface area contributed by atoms with E-state index >= 15 is 0 Å². The van der Waals surface area contributed by atoms with Crippen molar-refractivity contribution in [2.45, 2.75) is 38.7 Å². The Kier molecular flexibility index (Phi) is 3.45. The van der Waals surface area contributed by atoms with Gasteiger partial charge in [-0.25, -0.2) is 0 Å². The molecule has 1 rings (SSSR count). The van der Waals surface area contributed by atoms with Crippen molar-refractivity contribution in [1.29, 1.82) is 0 Å². The van der Waals surface area contributed by atoms with E-state index in [-0.39, 0.29) is 5.41 Å². The molecular formula is C12H23N3O. The van der Waals surface area contributed by atoms with Crippen LogP contribution in [-0.4, -0.2) is 23.4 Å². The molecule has 1 heterocycles. The van der Waals surface area contributed by atoms with Crippen molar-refractivity contribution in [3.8, 4) is 0 Å². The van der Waals surface area contributed by atoms with Gasteiger partial charge in [-0.2, -0.15) is 5.10 Å². The topological polar surface area (TPSA) is 53.1 Å². The summed E-state index contributed by atoms with van der Waals surface area (Å²) in [6.45, 7) is 8.85. The predicted octanol–water partition coefficient (Wildman–Crippen LogP) is 1.54. The molecule has 1 aromatic rings. The fourth-order valence-electron chi connectivity index (χ4n) is 1.62. The van der Waals surface area contributed by atoms with Crippen LogP contribution in [0.2, 0.25) is 0 Å².